The number of ether oxygens (including phenoxy) is 2. The van der Waals surface area contributed by atoms with Crippen LogP contribution in [-0.4, -0.2) is 36.6 Å². The molecule has 0 radical (unpaired) electrons. The van der Waals surface area contributed by atoms with E-state index in [0.717, 1.165) is 6.54 Å². The van der Waals surface area contributed by atoms with Crippen molar-refractivity contribution >= 4 is 17.5 Å². The molecule has 0 unspecified atom stereocenters. The Bertz CT molecular complexity index is 687. The molecule has 2 rings (SSSR count). The Kier molecular flexibility index (Phi) is 5.95. The average molecular weight is 330 g/mol. The van der Waals surface area contributed by atoms with E-state index in [4.69, 9.17) is 9.47 Å². The number of amides is 1. The van der Waals surface area contributed by atoms with Crippen molar-refractivity contribution in [1.82, 2.24) is 9.97 Å². The van der Waals surface area contributed by atoms with E-state index in [0.29, 0.717) is 34.6 Å². The van der Waals surface area contributed by atoms with Crippen LogP contribution >= 0.6 is 0 Å². The van der Waals surface area contributed by atoms with Gasteiger partial charge in [-0.15, -0.1) is 0 Å². The summed E-state index contributed by atoms with van der Waals surface area (Å²) in [5, 5.41) is 5.88. The Morgan fingerprint density at radius 2 is 1.88 bits per heavy atom. The van der Waals surface area contributed by atoms with E-state index < -0.39 is 0 Å². The van der Waals surface area contributed by atoms with Crippen LogP contribution in [0.2, 0.25) is 0 Å². The molecule has 1 amide bonds. The molecule has 1 aromatic carbocycles. The highest BCUT2D eigenvalue weighted by Crippen LogP contribution is 2.29. The Balaban J connectivity index is 2.07. The van der Waals surface area contributed by atoms with Crippen molar-refractivity contribution in [1.29, 1.82) is 0 Å². The number of hydrogen-bond donors (Lipinski definition) is 2. The number of benzene rings is 1. The average Bonchev–Trinajstić information content (AvgIpc) is 2.60. The van der Waals surface area contributed by atoms with E-state index in [9.17, 15) is 4.79 Å². The van der Waals surface area contributed by atoms with Crippen LogP contribution in [-0.2, 0) is 0 Å². The van der Waals surface area contributed by atoms with Gasteiger partial charge < -0.3 is 20.1 Å². The first-order valence-corrected chi connectivity index (χ1v) is 7.62. The lowest BCUT2D eigenvalue weighted by atomic mass is 10.2. The molecule has 0 aliphatic rings. The number of carbonyl (C=O) groups is 1. The van der Waals surface area contributed by atoms with Crippen molar-refractivity contribution in [2.24, 2.45) is 5.92 Å². The van der Waals surface area contributed by atoms with Gasteiger partial charge in [-0.2, -0.15) is 0 Å². The van der Waals surface area contributed by atoms with Gasteiger partial charge in [-0.1, -0.05) is 13.8 Å². The number of nitrogens with one attached hydrogen (secondary N) is 2. The third kappa shape index (κ3) is 4.58. The van der Waals surface area contributed by atoms with Crippen molar-refractivity contribution in [2.45, 2.75) is 13.8 Å². The van der Waals surface area contributed by atoms with E-state index in [1.54, 1.807) is 25.3 Å². The number of aromatic nitrogens is 2. The van der Waals surface area contributed by atoms with E-state index in [2.05, 4.69) is 34.4 Å². The molecule has 0 aliphatic heterocycles. The molecular weight excluding hydrogens is 308 g/mol. The summed E-state index contributed by atoms with van der Waals surface area (Å²) in [5.41, 5.74) is 0.910. The number of anilines is 2. The third-order valence-corrected chi connectivity index (χ3v) is 3.24. The zero-order valence-electron chi connectivity index (χ0n) is 14.3. The summed E-state index contributed by atoms with van der Waals surface area (Å²) in [4.78, 5) is 20.6. The van der Waals surface area contributed by atoms with Gasteiger partial charge in [-0.25, -0.2) is 9.97 Å². The van der Waals surface area contributed by atoms with Crippen LogP contribution in [0.1, 0.15) is 24.2 Å². The standard InChI is InChI=1S/C17H22N4O3/c1-11(2)8-18-17-19-9-12(10-20-17)16(22)21-14-6-5-13(23-3)7-15(14)24-4/h5-7,9-11H,8H2,1-4H3,(H,21,22)(H,18,19,20). The predicted molar refractivity (Wildman–Crippen MR) is 92.9 cm³/mol. The number of nitrogens with zero attached hydrogens (tertiary/aromatic N) is 2. The van der Waals surface area contributed by atoms with Gasteiger partial charge in [0.25, 0.3) is 5.91 Å². The molecule has 7 nitrogen and oxygen atoms in total. The first-order valence-electron chi connectivity index (χ1n) is 7.62. The Labute approximate surface area is 141 Å². The molecule has 1 heterocycles. The van der Waals surface area contributed by atoms with Crippen LogP contribution in [0, 0.1) is 5.92 Å². The minimum Gasteiger partial charge on any atom is -0.497 e. The molecule has 7 heteroatoms. The Hall–Kier alpha value is -2.83. The van der Waals surface area contributed by atoms with Gasteiger partial charge in [0.2, 0.25) is 5.95 Å². The van der Waals surface area contributed by atoms with Crippen LogP contribution in [0.4, 0.5) is 11.6 Å². The maximum Gasteiger partial charge on any atom is 0.258 e. The Morgan fingerprint density at radius 1 is 1.17 bits per heavy atom. The monoisotopic (exact) mass is 330 g/mol. The van der Waals surface area contributed by atoms with Crippen LogP contribution in [0.5, 0.6) is 11.5 Å². The van der Waals surface area contributed by atoms with Crippen molar-refractivity contribution in [3.8, 4) is 11.5 Å². The first-order chi connectivity index (χ1) is 11.5. The van der Waals surface area contributed by atoms with Crippen molar-refractivity contribution < 1.29 is 14.3 Å². The second-order valence-corrected chi connectivity index (χ2v) is 5.59. The fraction of sp³-hybridized carbons (Fsp3) is 0.353. The maximum atomic E-state index is 12.3. The molecule has 0 bridgehead atoms. The second-order valence-electron chi connectivity index (χ2n) is 5.59. The fourth-order valence-corrected chi connectivity index (χ4v) is 1.93. The van der Waals surface area contributed by atoms with Crippen LogP contribution in [0.3, 0.4) is 0 Å². The summed E-state index contributed by atoms with van der Waals surface area (Å²) in [6, 6.07) is 5.16. The molecule has 1 aromatic heterocycles. The molecule has 0 atom stereocenters. The molecule has 0 fully saturated rings. The number of carbonyl (C=O) groups excluding carboxylic acids is 1. The normalized spacial score (nSPS) is 10.4. The zero-order chi connectivity index (χ0) is 17.5. The SMILES string of the molecule is COc1ccc(NC(=O)c2cnc(NCC(C)C)nc2)c(OC)c1. The molecule has 0 spiro atoms. The summed E-state index contributed by atoms with van der Waals surface area (Å²) in [7, 11) is 3.10. The number of methoxy groups -OCH3 is 2. The van der Waals surface area contributed by atoms with E-state index in [1.807, 2.05) is 0 Å². The van der Waals surface area contributed by atoms with Gasteiger partial charge in [0.05, 0.1) is 25.5 Å². The van der Waals surface area contributed by atoms with Crippen molar-refractivity contribution in [3.05, 3.63) is 36.2 Å². The van der Waals surface area contributed by atoms with E-state index in [-0.39, 0.29) is 5.91 Å². The van der Waals surface area contributed by atoms with Crippen molar-refractivity contribution in [3.63, 3.8) is 0 Å². The lowest BCUT2D eigenvalue weighted by molar-refractivity contribution is 0.102. The minimum absolute atomic E-state index is 0.311. The summed E-state index contributed by atoms with van der Waals surface area (Å²) in [6.07, 6.45) is 2.97. The highest BCUT2D eigenvalue weighted by molar-refractivity contribution is 6.04. The molecule has 0 aliphatic carbocycles. The van der Waals surface area contributed by atoms with Crippen LogP contribution < -0.4 is 20.1 Å². The van der Waals surface area contributed by atoms with Crippen LogP contribution in [0.25, 0.3) is 0 Å². The smallest absolute Gasteiger partial charge is 0.258 e. The summed E-state index contributed by atoms with van der Waals surface area (Å²) < 4.78 is 10.4. The zero-order valence-corrected chi connectivity index (χ0v) is 14.3. The first kappa shape index (κ1) is 17.5. The molecule has 2 aromatic rings. The quantitative estimate of drug-likeness (QED) is 0.812. The molecule has 0 saturated heterocycles. The predicted octanol–water partition coefficient (Wildman–Crippen LogP) is 2.81. The van der Waals surface area contributed by atoms with Gasteiger partial charge in [0, 0.05) is 25.0 Å². The highest BCUT2D eigenvalue weighted by Gasteiger charge is 2.12. The second kappa shape index (κ2) is 8.14. The summed E-state index contributed by atoms with van der Waals surface area (Å²) >= 11 is 0. The summed E-state index contributed by atoms with van der Waals surface area (Å²) in [5.74, 6) is 1.84. The van der Waals surface area contributed by atoms with Crippen molar-refractivity contribution in [2.75, 3.05) is 31.4 Å². The lowest BCUT2D eigenvalue weighted by Gasteiger charge is -2.12. The van der Waals surface area contributed by atoms with Gasteiger partial charge in [-0.05, 0) is 18.1 Å². The third-order valence-electron chi connectivity index (χ3n) is 3.24. The van der Waals surface area contributed by atoms with E-state index in [1.165, 1.54) is 19.5 Å². The Morgan fingerprint density at radius 3 is 2.46 bits per heavy atom. The number of hydrogen-bond acceptors (Lipinski definition) is 6. The molecule has 128 valence electrons. The van der Waals surface area contributed by atoms with Gasteiger partial charge >= 0.3 is 0 Å². The highest BCUT2D eigenvalue weighted by atomic mass is 16.5. The number of rotatable bonds is 7. The lowest BCUT2D eigenvalue weighted by Crippen LogP contribution is -2.15. The topological polar surface area (TPSA) is 85.4 Å². The van der Waals surface area contributed by atoms with Gasteiger partial charge in [0.1, 0.15) is 11.5 Å². The molecular formula is C17H22N4O3. The molecule has 0 saturated carbocycles. The van der Waals surface area contributed by atoms with Gasteiger partial charge in [-0.3, -0.25) is 4.79 Å². The maximum absolute atomic E-state index is 12.3. The molecule has 2 N–H and O–H groups in total. The largest absolute Gasteiger partial charge is 0.497 e. The van der Waals surface area contributed by atoms with Gasteiger partial charge in [0.15, 0.2) is 0 Å². The summed E-state index contributed by atoms with van der Waals surface area (Å²) in [6.45, 7) is 4.96. The fourth-order valence-electron chi connectivity index (χ4n) is 1.93. The molecule has 24 heavy (non-hydrogen) atoms. The van der Waals surface area contributed by atoms with E-state index >= 15 is 0 Å². The minimum atomic E-state index is -0.311. The van der Waals surface area contributed by atoms with Crippen LogP contribution in [0.15, 0.2) is 30.6 Å².